The highest BCUT2D eigenvalue weighted by Crippen LogP contribution is 2.24. The van der Waals surface area contributed by atoms with Gasteiger partial charge in [-0.15, -0.1) is 0 Å². The fourth-order valence-electron chi connectivity index (χ4n) is 2.37. The molecule has 1 aliphatic heterocycles. The predicted molar refractivity (Wildman–Crippen MR) is 77.8 cm³/mol. The average molecular weight is 291 g/mol. The largest absolute Gasteiger partial charge is 0.480 e. The van der Waals surface area contributed by atoms with E-state index in [1.807, 2.05) is 45.0 Å². The molecule has 5 heteroatoms. The second-order valence-corrected chi connectivity index (χ2v) is 6.25. The van der Waals surface area contributed by atoms with Crippen LogP contribution >= 0.6 is 0 Å². The number of carbonyl (C=O) groups excluding carboxylic acids is 1. The first-order chi connectivity index (χ1) is 9.78. The number of fused-ring (bicyclic) bond motifs is 1. The molecule has 0 saturated heterocycles. The van der Waals surface area contributed by atoms with Gasteiger partial charge in [0.2, 0.25) is 5.91 Å². The van der Waals surface area contributed by atoms with E-state index in [-0.39, 0.29) is 12.5 Å². The van der Waals surface area contributed by atoms with Gasteiger partial charge in [-0.25, -0.2) is 4.79 Å². The molecule has 21 heavy (non-hydrogen) atoms. The normalized spacial score (nSPS) is 18.2. The molecule has 0 radical (unpaired) electrons. The summed E-state index contributed by atoms with van der Waals surface area (Å²) in [6.45, 7) is 5.80. The van der Waals surface area contributed by atoms with Crippen molar-refractivity contribution in [3.8, 4) is 0 Å². The molecule has 1 amide bonds. The van der Waals surface area contributed by atoms with E-state index < -0.39 is 17.6 Å². The van der Waals surface area contributed by atoms with E-state index in [2.05, 4.69) is 0 Å². The maximum atomic E-state index is 12.3. The Morgan fingerprint density at radius 3 is 2.48 bits per heavy atom. The van der Waals surface area contributed by atoms with Gasteiger partial charge in [0.15, 0.2) is 0 Å². The maximum absolute atomic E-state index is 12.3. The lowest BCUT2D eigenvalue weighted by atomic mass is 9.94. The minimum absolute atomic E-state index is 0.102. The van der Waals surface area contributed by atoms with Gasteiger partial charge in [-0.2, -0.15) is 0 Å². The first kappa shape index (κ1) is 15.5. The van der Waals surface area contributed by atoms with Gasteiger partial charge in [0.25, 0.3) is 0 Å². The number of aliphatic carboxylic acids is 1. The van der Waals surface area contributed by atoms with E-state index in [0.717, 1.165) is 11.1 Å². The number of rotatable bonds is 3. The number of hydrogen-bond donors (Lipinski definition) is 1. The van der Waals surface area contributed by atoms with E-state index in [0.29, 0.717) is 13.0 Å². The van der Waals surface area contributed by atoms with Crippen LogP contribution in [0.4, 0.5) is 0 Å². The van der Waals surface area contributed by atoms with Crippen molar-refractivity contribution in [1.29, 1.82) is 0 Å². The number of nitrogens with zero attached hydrogens (tertiary/aromatic N) is 1. The molecule has 1 N–H and O–H groups in total. The zero-order valence-electron chi connectivity index (χ0n) is 12.6. The molecule has 1 heterocycles. The molecule has 0 saturated carbocycles. The van der Waals surface area contributed by atoms with Crippen LogP contribution in [-0.2, 0) is 27.3 Å². The van der Waals surface area contributed by atoms with Gasteiger partial charge in [0.1, 0.15) is 12.6 Å². The van der Waals surface area contributed by atoms with Crippen molar-refractivity contribution in [3.05, 3.63) is 35.4 Å². The summed E-state index contributed by atoms with van der Waals surface area (Å²) in [7, 11) is 0. The molecule has 0 aliphatic carbocycles. The van der Waals surface area contributed by atoms with E-state index in [1.54, 1.807) is 0 Å². The summed E-state index contributed by atoms with van der Waals surface area (Å²) < 4.78 is 5.48. The van der Waals surface area contributed by atoms with E-state index in [1.165, 1.54) is 4.90 Å². The summed E-state index contributed by atoms with van der Waals surface area (Å²) in [4.78, 5) is 25.2. The molecule has 1 aliphatic rings. The third-order valence-corrected chi connectivity index (χ3v) is 3.48. The van der Waals surface area contributed by atoms with Crippen LogP contribution < -0.4 is 0 Å². The Morgan fingerprint density at radius 1 is 1.29 bits per heavy atom. The summed E-state index contributed by atoms with van der Waals surface area (Å²) in [5.74, 6) is -1.26. The van der Waals surface area contributed by atoms with Crippen LogP contribution in [-0.4, -0.2) is 40.1 Å². The number of ether oxygens (including phenoxy) is 1. The SMILES string of the molecule is CC(C)(C)OCC(=O)N1Cc2ccccc2CC1C(=O)O. The molecule has 1 unspecified atom stereocenters. The number of amides is 1. The number of carboxylic acid groups (broad SMARTS) is 1. The van der Waals surface area contributed by atoms with Gasteiger partial charge in [-0.3, -0.25) is 4.79 Å². The molecule has 1 aromatic rings. The number of carbonyl (C=O) groups is 2. The van der Waals surface area contributed by atoms with Crippen LogP contribution in [0.1, 0.15) is 31.9 Å². The van der Waals surface area contributed by atoms with Crippen molar-refractivity contribution in [2.24, 2.45) is 0 Å². The summed E-state index contributed by atoms with van der Waals surface area (Å²) >= 11 is 0. The predicted octanol–water partition coefficient (Wildman–Crippen LogP) is 1.84. The average Bonchev–Trinajstić information content (AvgIpc) is 2.42. The Balaban J connectivity index is 2.17. The molecule has 1 aromatic carbocycles. The Hall–Kier alpha value is -1.88. The van der Waals surface area contributed by atoms with Gasteiger partial charge >= 0.3 is 5.97 Å². The Morgan fingerprint density at radius 2 is 1.90 bits per heavy atom. The zero-order chi connectivity index (χ0) is 15.6. The lowest BCUT2D eigenvalue weighted by molar-refractivity contribution is -0.155. The molecule has 0 aromatic heterocycles. The smallest absolute Gasteiger partial charge is 0.326 e. The van der Waals surface area contributed by atoms with Crippen molar-refractivity contribution in [2.45, 2.75) is 45.4 Å². The van der Waals surface area contributed by atoms with Crippen LogP contribution in [0.2, 0.25) is 0 Å². The van der Waals surface area contributed by atoms with Gasteiger partial charge in [0, 0.05) is 13.0 Å². The third-order valence-electron chi connectivity index (χ3n) is 3.48. The zero-order valence-corrected chi connectivity index (χ0v) is 12.6. The van der Waals surface area contributed by atoms with E-state index >= 15 is 0 Å². The molecule has 0 spiro atoms. The fourth-order valence-corrected chi connectivity index (χ4v) is 2.37. The van der Waals surface area contributed by atoms with Gasteiger partial charge < -0.3 is 14.7 Å². The van der Waals surface area contributed by atoms with Crippen molar-refractivity contribution in [1.82, 2.24) is 4.90 Å². The topological polar surface area (TPSA) is 66.8 Å². The van der Waals surface area contributed by atoms with Crippen molar-refractivity contribution >= 4 is 11.9 Å². The molecular weight excluding hydrogens is 270 g/mol. The second kappa shape index (κ2) is 5.85. The Bertz CT molecular complexity index is 547. The lowest BCUT2D eigenvalue weighted by Crippen LogP contribution is -2.50. The molecule has 2 rings (SSSR count). The molecule has 114 valence electrons. The third kappa shape index (κ3) is 3.82. The Labute approximate surface area is 124 Å². The molecule has 5 nitrogen and oxygen atoms in total. The van der Waals surface area contributed by atoms with Crippen LogP contribution in [0.25, 0.3) is 0 Å². The highest BCUT2D eigenvalue weighted by Gasteiger charge is 2.34. The van der Waals surface area contributed by atoms with Crippen molar-refractivity contribution in [2.75, 3.05) is 6.61 Å². The fraction of sp³-hybridized carbons (Fsp3) is 0.500. The molecule has 1 atom stereocenters. The first-order valence-corrected chi connectivity index (χ1v) is 7.01. The highest BCUT2D eigenvalue weighted by atomic mass is 16.5. The quantitative estimate of drug-likeness (QED) is 0.922. The van der Waals surface area contributed by atoms with Gasteiger partial charge in [0.05, 0.1) is 5.60 Å². The summed E-state index contributed by atoms with van der Waals surface area (Å²) in [6.07, 6.45) is 0.340. The standard InChI is InChI=1S/C16H21NO4/c1-16(2,3)21-10-14(18)17-9-12-7-5-4-6-11(12)8-13(17)15(19)20/h4-7,13H,8-10H2,1-3H3,(H,19,20). The van der Waals surface area contributed by atoms with Crippen molar-refractivity contribution in [3.63, 3.8) is 0 Å². The monoisotopic (exact) mass is 291 g/mol. The van der Waals surface area contributed by atoms with E-state index in [4.69, 9.17) is 4.74 Å². The minimum atomic E-state index is -0.978. The lowest BCUT2D eigenvalue weighted by Gasteiger charge is -2.35. The van der Waals surface area contributed by atoms with Crippen LogP contribution in [0.5, 0.6) is 0 Å². The van der Waals surface area contributed by atoms with Gasteiger partial charge in [-0.05, 0) is 31.9 Å². The van der Waals surface area contributed by atoms with Crippen LogP contribution in [0.15, 0.2) is 24.3 Å². The maximum Gasteiger partial charge on any atom is 0.326 e. The van der Waals surface area contributed by atoms with Crippen molar-refractivity contribution < 1.29 is 19.4 Å². The van der Waals surface area contributed by atoms with Gasteiger partial charge in [-0.1, -0.05) is 24.3 Å². The van der Waals surface area contributed by atoms with Crippen LogP contribution in [0, 0.1) is 0 Å². The first-order valence-electron chi connectivity index (χ1n) is 7.01. The molecule has 0 fully saturated rings. The Kier molecular flexibility index (Phi) is 4.32. The number of benzene rings is 1. The molecule has 0 bridgehead atoms. The van der Waals surface area contributed by atoms with Crippen LogP contribution in [0.3, 0.4) is 0 Å². The molecular formula is C16H21NO4. The second-order valence-electron chi connectivity index (χ2n) is 6.25. The number of carboxylic acids is 1. The summed E-state index contributed by atoms with van der Waals surface area (Å²) in [6, 6.07) is 6.81. The minimum Gasteiger partial charge on any atom is -0.480 e. The summed E-state index contributed by atoms with van der Waals surface area (Å²) in [5, 5.41) is 9.38. The number of hydrogen-bond acceptors (Lipinski definition) is 3. The highest BCUT2D eigenvalue weighted by molar-refractivity contribution is 5.85. The summed E-state index contributed by atoms with van der Waals surface area (Å²) in [5.41, 5.74) is 1.56. The van der Waals surface area contributed by atoms with E-state index in [9.17, 15) is 14.7 Å².